The Kier molecular flexibility index (Phi) is 6.20. The molecule has 0 radical (unpaired) electrons. The van der Waals surface area contributed by atoms with Crippen LogP contribution >= 0.6 is 0 Å². The lowest BCUT2D eigenvalue weighted by Gasteiger charge is -2.39. The monoisotopic (exact) mass is 455 g/mol. The molecule has 34 heavy (non-hydrogen) atoms. The van der Waals surface area contributed by atoms with Crippen molar-refractivity contribution in [1.29, 1.82) is 0 Å². The molecule has 2 unspecified atom stereocenters. The minimum atomic E-state index is -0.373. The number of anilines is 2. The van der Waals surface area contributed by atoms with Gasteiger partial charge < -0.3 is 10.6 Å². The van der Waals surface area contributed by atoms with Crippen molar-refractivity contribution in [2.24, 2.45) is 0 Å². The van der Waals surface area contributed by atoms with Gasteiger partial charge in [0.1, 0.15) is 5.82 Å². The van der Waals surface area contributed by atoms with E-state index in [1.54, 1.807) is 6.07 Å². The first-order valence-electron chi connectivity index (χ1n) is 12.0. The standard InChI is InChI=1S/C29H30FN3O/c1-19-7-6-8-20(2)33(19)18-21-11-14-24(15-12-21)31-28(22-9-4-3-5-10-22)27-25-16-13-23(30)17-26(25)32-29(27)34/h3-5,9-17,19-20,31H,6-8,18H2,1-2H3,(H,32,34). The summed E-state index contributed by atoms with van der Waals surface area (Å²) < 4.78 is 13.8. The second kappa shape index (κ2) is 9.43. The van der Waals surface area contributed by atoms with E-state index in [1.807, 2.05) is 30.3 Å². The molecule has 2 aliphatic heterocycles. The minimum absolute atomic E-state index is 0.239. The van der Waals surface area contributed by atoms with Crippen molar-refractivity contribution in [2.45, 2.75) is 51.7 Å². The van der Waals surface area contributed by atoms with E-state index in [1.165, 1.54) is 37.0 Å². The lowest BCUT2D eigenvalue weighted by Crippen LogP contribution is -2.42. The highest BCUT2D eigenvalue weighted by atomic mass is 19.1. The molecule has 0 aromatic heterocycles. The average molecular weight is 456 g/mol. The van der Waals surface area contributed by atoms with Gasteiger partial charge in [0, 0.05) is 29.9 Å². The molecular weight excluding hydrogens is 425 g/mol. The Morgan fingerprint density at radius 2 is 1.71 bits per heavy atom. The highest BCUT2D eigenvalue weighted by Gasteiger charge is 2.29. The number of nitrogens with zero attached hydrogens (tertiary/aromatic N) is 1. The summed E-state index contributed by atoms with van der Waals surface area (Å²) in [6.07, 6.45) is 3.82. The van der Waals surface area contributed by atoms with Crippen molar-refractivity contribution < 1.29 is 9.18 Å². The van der Waals surface area contributed by atoms with Gasteiger partial charge in [-0.1, -0.05) is 48.9 Å². The second-order valence-electron chi connectivity index (χ2n) is 9.38. The Morgan fingerprint density at radius 1 is 1.00 bits per heavy atom. The number of rotatable bonds is 5. The van der Waals surface area contributed by atoms with E-state index in [-0.39, 0.29) is 11.7 Å². The smallest absolute Gasteiger partial charge is 0.258 e. The SMILES string of the molecule is CC1CCCC(C)N1Cc1ccc(NC(=C2C(=O)Nc3cc(F)ccc32)c2ccccc2)cc1. The molecule has 1 fully saturated rings. The van der Waals surface area contributed by atoms with Gasteiger partial charge in [0.2, 0.25) is 0 Å². The number of likely N-dealkylation sites (tertiary alicyclic amines) is 1. The predicted octanol–water partition coefficient (Wildman–Crippen LogP) is 6.52. The lowest BCUT2D eigenvalue weighted by molar-refractivity contribution is -0.110. The number of piperidine rings is 1. The Morgan fingerprint density at radius 3 is 2.41 bits per heavy atom. The molecule has 0 aliphatic carbocycles. The van der Waals surface area contributed by atoms with E-state index < -0.39 is 0 Å². The molecule has 4 nitrogen and oxygen atoms in total. The van der Waals surface area contributed by atoms with E-state index in [0.717, 1.165) is 17.8 Å². The van der Waals surface area contributed by atoms with Crippen LogP contribution in [0.4, 0.5) is 15.8 Å². The molecule has 2 aliphatic rings. The van der Waals surface area contributed by atoms with Crippen molar-refractivity contribution in [3.05, 3.63) is 95.3 Å². The van der Waals surface area contributed by atoms with Gasteiger partial charge in [-0.3, -0.25) is 9.69 Å². The van der Waals surface area contributed by atoms with Gasteiger partial charge >= 0.3 is 0 Å². The molecule has 5 heteroatoms. The Bertz CT molecular complexity index is 1210. The molecule has 0 spiro atoms. The molecule has 1 amide bonds. The van der Waals surface area contributed by atoms with E-state index in [9.17, 15) is 9.18 Å². The normalized spacial score (nSPS) is 21.7. The Labute approximate surface area is 200 Å². The maximum atomic E-state index is 13.8. The number of nitrogens with one attached hydrogen (secondary N) is 2. The molecule has 0 bridgehead atoms. The number of halogens is 1. The van der Waals surface area contributed by atoms with Crippen molar-refractivity contribution in [2.75, 3.05) is 10.6 Å². The van der Waals surface area contributed by atoms with Crippen LogP contribution in [0.1, 0.15) is 49.8 Å². The first-order chi connectivity index (χ1) is 16.5. The van der Waals surface area contributed by atoms with E-state index >= 15 is 0 Å². The van der Waals surface area contributed by atoms with Crippen LogP contribution in [-0.4, -0.2) is 22.9 Å². The zero-order valence-corrected chi connectivity index (χ0v) is 19.6. The van der Waals surface area contributed by atoms with Crippen LogP contribution in [0.5, 0.6) is 0 Å². The molecule has 3 aromatic carbocycles. The first-order valence-corrected chi connectivity index (χ1v) is 12.0. The number of hydrogen-bond acceptors (Lipinski definition) is 3. The third-order valence-corrected chi connectivity index (χ3v) is 7.00. The number of fused-ring (bicyclic) bond motifs is 1. The average Bonchev–Trinajstić information content (AvgIpc) is 3.16. The number of amides is 1. The highest BCUT2D eigenvalue weighted by molar-refractivity contribution is 6.37. The molecule has 2 heterocycles. The van der Waals surface area contributed by atoms with Crippen molar-refractivity contribution in [3.8, 4) is 0 Å². The Hall–Kier alpha value is -3.44. The molecule has 2 atom stereocenters. The van der Waals surface area contributed by atoms with Gasteiger partial charge in [0.15, 0.2) is 0 Å². The fourth-order valence-corrected chi connectivity index (χ4v) is 5.11. The summed E-state index contributed by atoms with van der Waals surface area (Å²) in [6, 6.07) is 23.8. The fourth-order valence-electron chi connectivity index (χ4n) is 5.11. The quantitative estimate of drug-likeness (QED) is 0.431. The molecule has 5 rings (SSSR count). The van der Waals surface area contributed by atoms with Crippen molar-refractivity contribution in [1.82, 2.24) is 4.90 Å². The van der Waals surface area contributed by atoms with Crippen molar-refractivity contribution >= 4 is 28.6 Å². The summed E-state index contributed by atoms with van der Waals surface area (Å²) in [6.45, 7) is 5.58. The maximum absolute atomic E-state index is 13.8. The third-order valence-electron chi connectivity index (χ3n) is 7.00. The summed E-state index contributed by atoms with van der Waals surface area (Å²) in [5.74, 6) is -0.612. The van der Waals surface area contributed by atoms with Crippen LogP contribution in [0.25, 0.3) is 11.3 Å². The van der Waals surface area contributed by atoms with Gasteiger partial charge in [0.05, 0.1) is 17.0 Å². The largest absolute Gasteiger partial charge is 0.354 e. The summed E-state index contributed by atoms with van der Waals surface area (Å²) in [4.78, 5) is 15.5. The summed E-state index contributed by atoms with van der Waals surface area (Å²) >= 11 is 0. The number of hydrogen-bond donors (Lipinski definition) is 2. The molecule has 0 saturated carbocycles. The highest BCUT2D eigenvalue weighted by Crippen LogP contribution is 2.38. The van der Waals surface area contributed by atoms with Gasteiger partial charge in [-0.05, 0) is 68.1 Å². The van der Waals surface area contributed by atoms with Gasteiger partial charge in [-0.25, -0.2) is 4.39 Å². The Balaban J connectivity index is 1.46. The minimum Gasteiger partial charge on any atom is -0.354 e. The summed E-state index contributed by atoms with van der Waals surface area (Å²) in [5, 5.41) is 6.29. The summed E-state index contributed by atoms with van der Waals surface area (Å²) in [7, 11) is 0. The van der Waals surface area contributed by atoms with E-state index in [0.29, 0.717) is 34.6 Å². The van der Waals surface area contributed by atoms with Gasteiger partial charge in [-0.2, -0.15) is 0 Å². The maximum Gasteiger partial charge on any atom is 0.258 e. The van der Waals surface area contributed by atoms with E-state index in [4.69, 9.17) is 0 Å². The lowest BCUT2D eigenvalue weighted by atomic mass is 9.96. The summed E-state index contributed by atoms with van der Waals surface area (Å²) in [5.41, 5.74) is 5.48. The second-order valence-corrected chi connectivity index (χ2v) is 9.38. The zero-order chi connectivity index (χ0) is 23.7. The van der Waals surface area contributed by atoms with Gasteiger partial charge in [0.25, 0.3) is 5.91 Å². The molecule has 3 aromatic rings. The predicted molar refractivity (Wildman–Crippen MR) is 137 cm³/mol. The van der Waals surface area contributed by atoms with Crippen LogP contribution < -0.4 is 10.6 Å². The molecule has 2 N–H and O–H groups in total. The van der Waals surface area contributed by atoms with Crippen LogP contribution in [-0.2, 0) is 11.3 Å². The number of carbonyl (C=O) groups is 1. The van der Waals surface area contributed by atoms with Crippen LogP contribution in [0.3, 0.4) is 0 Å². The fraction of sp³-hybridized carbons (Fsp3) is 0.276. The topological polar surface area (TPSA) is 44.4 Å². The first kappa shape index (κ1) is 22.4. The molecular formula is C29H30FN3O. The molecule has 1 saturated heterocycles. The third kappa shape index (κ3) is 4.48. The van der Waals surface area contributed by atoms with Crippen LogP contribution in [0.15, 0.2) is 72.8 Å². The van der Waals surface area contributed by atoms with E-state index in [2.05, 4.69) is 53.6 Å². The zero-order valence-electron chi connectivity index (χ0n) is 19.6. The number of benzene rings is 3. The van der Waals surface area contributed by atoms with Crippen molar-refractivity contribution in [3.63, 3.8) is 0 Å². The van der Waals surface area contributed by atoms with Crippen LogP contribution in [0, 0.1) is 5.82 Å². The molecule has 174 valence electrons. The number of carbonyl (C=O) groups excluding carboxylic acids is 1. The van der Waals surface area contributed by atoms with Gasteiger partial charge in [-0.15, -0.1) is 0 Å². The van der Waals surface area contributed by atoms with Crippen LogP contribution in [0.2, 0.25) is 0 Å².